The van der Waals surface area contributed by atoms with Gasteiger partial charge < -0.3 is 10.1 Å². The van der Waals surface area contributed by atoms with E-state index in [0.29, 0.717) is 5.41 Å². The maximum absolute atomic E-state index is 6.17. The Morgan fingerprint density at radius 1 is 1.35 bits per heavy atom. The summed E-state index contributed by atoms with van der Waals surface area (Å²) in [4.78, 5) is 4.52. The molecule has 0 bridgehead atoms. The van der Waals surface area contributed by atoms with Gasteiger partial charge in [0.15, 0.2) is 0 Å². The van der Waals surface area contributed by atoms with Crippen LogP contribution < -0.4 is 10.1 Å². The van der Waals surface area contributed by atoms with E-state index in [2.05, 4.69) is 17.2 Å². The van der Waals surface area contributed by atoms with Crippen molar-refractivity contribution < 1.29 is 4.74 Å². The van der Waals surface area contributed by atoms with Gasteiger partial charge in [0.05, 0.1) is 12.8 Å². The maximum atomic E-state index is 6.17. The van der Waals surface area contributed by atoms with Crippen LogP contribution in [0, 0.1) is 19.3 Å². The predicted molar refractivity (Wildman–Crippen MR) is 83.6 cm³/mol. The SMILES string of the molecule is COc1c(C)cnc(CNCC2(CCl)CCCC2)c1C. The Hall–Kier alpha value is -0.800. The van der Waals surface area contributed by atoms with E-state index in [4.69, 9.17) is 16.3 Å². The molecule has 0 spiro atoms. The number of alkyl halides is 1. The van der Waals surface area contributed by atoms with Crippen LogP contribution >= 0.6 is 11.6 Å². The summed E-state index contributed by atoms with van der Waals surface area (Å²) < 4.78 is 5.45. The van der Waals surface area contributed by atoms with Crippen LogP contribution in [-0.4, -0.2) is 24.5 Å². The molecule has 0 aliphatic heterocycles. The molecule has 1 aliphatic carbocycles. The van der Waals surface area contributed by atoms with E-state index in [1.54, 1.807) is 7.11 Å². The van der Waals surface area contributed by atoms with Gasteiger partial charge in [-0.3, -0.25) is 4.98 Å². The van der Waals surface area contributed by atoms with Crippen molar-refractivity contribution in [1.29, 1.82) is 0 Å². The summed E-state index contributed by atoms with van der Waals surface area (Å²) in [6, 6.07) is 0. The molecule has 3 nitrogen and oxygen atoms in total. The molecule has 4 heteroatoms. The van der Waals surface area contributed by atoms with Gasteiger partial charge in [-0.25, -0.2) is 0 Å². The Bertz CT molecular complexity index is 456. The number of nitrogens with one attached hydrogen (secondary N) is 1. The summed E-state index contributed by atoms with van der Waals surface area (Å²) in [6.07, 6.45) is 6.99. The molecule has 1 saturated carbocycles. The number of hydrogen-bond donors (Lipinski definition) is 1. The van der Waals surface area contributed by atoms with Gasteiger partial charge in [-0.1, -0.05) is 12.8 Å². The fourth-order valence-corrected chi connectivity index (χ4v) is 3.54. The number of aromatic nitrogens is 1. The standard InChI is InChI=1S/C16H25ClN2O/c1-12-8-19-14(13(2)15(12)20-3)9-18-11-16(10-17)6-4-5-7-16/h8,18H,4-7,9-11H2,1-3H3. The zero-order valence-electron chi connectivity index (χ0n) is 12.8. The van der Waals surface area contributed by atoms with Crippen LogP contribution in [0.25, 0.3) is 0 Å². The minimum absolute atomic E-state index is 0.296. The minimum atomic E-state index is 0.296. The van der Waals surface area contributed by atoms with Crippen molar-refractivity contribution in [3.8, 4) is 5.75 Å². The average molecular weight is 297 g/mol. The molecule has 0 saturated heterocycles. The largest absolute Gasteiger partial charge is 0.496 e. The van der Waals surface area contributed by atoms with Crippen molar-refractivity contribution in [3.05, 3.63) is 23.0 Å². The highest BCUT2D eigenvalue weighted by atomic mass is 35.5. The molecule has 1 heterocycles. The number of pyridine rings is 1. The van der Waals surface area contributed by atoms with E-state index < -0.39 is 0 Å². The molecule has 112 valence electrons. The first kappa shape index (κ1) is 15.6. The van der Waals surface area contributed by atoms with Crippen LogP contribution in [0.5, 0.6) is 5.75 Å². The third-order valence-corrected chi connectivity index (χ3v) is 5.06. The van der Waals surface area contributed by atoms with Crippen LogP contribution in [0.1, 0.15) is 42.5 Å². The van der Waals surface area contributed by atoms with Crippen molar-refractivity contribution in [1.82, 2.24) is 10.3 Å². The lowest BCUT2D eigenvalue weighted by Gasteiger charge is -2.26. The number of aryl methyl sites for hydroxylation is 1. The van der Waals surface area contributed by atoms with Crippen molar-refractivity contribution in [3.63, 3.8) is 0 Å². The molecule has 0 aromatic carbocycles. The first-order valence-electron chi connectivity index (χ1n) is 7.37. The third kappa shape index (κ3) is 3.26. The quantitative estimate of drug-likeness (QED) is 0.815. The molecule has 1 N–H and O–H groups in total. The summed E-state index contributed by atoms with van der Waals surface area (Å²) in [6.45, 7) is 5.86. The summed E-state index contributed by atoms with van der Waals surface area (Å²) >= 11 is 6.17. The van der Waals surface area contributed by atoms with Gasteiger partial charge in [-0.2, -0.15) is 0 Å². The number of methoxy groups -OCH3 is 1. The zero-order valence-corrected chi connectivity index (χ0v) is 13.5. The van der Waals surface area contributed by atoms with Gasteiger partial charge in [-0.05, 0) is 32.1 Å². The second kappa shape index (κ2) is 6.77. The van der Waals surface area contributed by atoms with Crippen LogP contribution in [-0.2, 0) is 6.54 Å². The fraction of sp³-hybridized carbons (Fsp3) is 0.688. The zero-order chi connectivity index (χ0) is 14.6. The van der Waals surface area contributed by atoms with Gasteiger partial charge in [0, 0.05) is 36.3 Å². The van der Waals surface area contributed by atoms with E-state index in [1.807, 2.05) is 13.1 Å². The average Bonchev–Trinajstić information content (AvgIpc) is 2.91. The Labute approximate surface area is 127 Å². The fourth-order valence-electron chi connectivity index (χ4n) is 3.18. The Kier molecular flexibility index (Phi) is 5.28. The second-order valence-electron chi connectivity index (χ2n) is 5.99. The molecule has 1 fully saturated rings. The van der Waals surface area contributed by atoms with Gasteiger partial charge in [-0.15, -0.1) is 11.6 Å². The van der Waals surface area contributed by atoms with E-state index >= 15 is 0 Å². The topological polar surface area (TPSA) is 34.1 Å². The van der Waals surface area contributed by atoms with Gasteiger partial charge in [0.2, 0.25) is 0 Å². The molecular formula is C16H25ClN2O. The van der Waals surface area contributed by atoms with E-state index in [1.165, 1.54) is 25.7 Å². The highest BCUT2D eigenvalue weighted by Gasteiger charge is 2.32. The normalized spacial score (nSPS) is 17.4. The van der Waals surface area contributed by atoms with Gasteiger partial charge in [0.1, 0.15) is 5.75 Å². The Morgan fingerprint density at radius 3 is 2.65 bits per heavy atom. The summed E-state index contributed by atoms with van der Waals surface area (Å²) in [5.74, 6) is 1.70. The molecule has 0 unspecified atom stereocenters. The minimum Gasteiger partial charge on any atom is -0.496 e. The molecular weight excluding hydrogens is 272 g/mol. The molecule has 0 amide bonds. The Morgan fingerprint density at radius 2 is 2.05 bits per heavy atom. The first-order valence-corrected chi connectivity index (χ1v) is 7.91. The number of nitrogens with zero attached hydrogens (tertiary/aromatic N) is 1. The maximum Gasteiger partial charge on any atom is 0.128 e. The van der Waals surface area contributed by atoms with Crippen molar-refractivity contribution in [2.45, 2.75) is 46.1 Å². The summed E-state index contributed by atoms with van der Waals surface area (Å²) in [5.41, 5.74) is 3.58. The Balaban J connectivity index is 1.97. The molecule has 0 radical (unpaired) electrons. The smallest absolute Gasteiger partial charge is 0.128 e. The lowest BCUT2D eigenvalue weighted by molar-refractivity contribution is 0.319. The number of rotatable bonds is 6. The van der Waals surface area contributed by atoms with Crippen molar-refractivity contribution in [2.75, 3.05) is 19.5 Å². The summed E-state index contributed by atoms with van der Waals surface area (Å²) in [7, 11) is 1.72. The van der Waals surface area contributed by atoms with E-state index in [-0.39, 0.29) is 0 Å². The molecule has 1 aromatic rings. The number of hydrogen-bond acceptors (Lipinski definition) is 3. The highest BCUT2D eigenvalue weighted by Crippen LogP contribution is 2.38. The lowest BCUT2D eigenvalue weighted by Crippen LogP contribution is -2.33. The van der Waals surface area contributed by atoms with Gasteiger partial charge >= 0.3 is 0 Å². The van der Waals surface area contributed by atoms with Crippen LogP contribution in [0.3, 0.4) is 0 Å². The monoisotopic (exact) mass is 296 g/mol. The third-order valence-electron chi connectivity index (χ3n) is 4.49. The molecule has 1 aliphatic rings. The lowest BCUT2D eigenvalue weighted by atomic mass is 9.88. The van der Waals surface area contributed by atoms with Crippen LogP contribution in [0.2, 0.25) is 0 Å². The van der Waals surface area contributed by atoms with Crippen molar-refractivity contribution in [2.24, 2.45) is 5.41 Å². The molecule has 0 atom stereocenters. The van der Waals surface area contributed by atoms with E-state index in [9.17, 15) is 0 Å². The second-order valence-corrected chi connectivity index (χ2v) is 6.26. The molecule has 1 aromatic heterocycles. The number of ether oxygens (including phenoxy) is 1. The number of halogens is 1. The van der Waals surface area contributed by atoms with Gasteiger partial charge in [0.25, 0.3) is 0 Å². The predicted octanol–water partition coefficient (Wildman–Crippen LogP) is 3.60. The highest BCUT2D eigenvalue weighted by molar-refractivity contribution is 6.18. The van der Waals surface area contributed by atoms with Crippen molar-refractivity contribution >= 4 is 11.6 Å². The van der Waals surface area contributed by atoms with E-state index in [0.717, 1.165) is 41.5 Å². The van der Waals surface area contributed by atoms with Crippen LogP contribution in [0.15, 0.2) is 6.20 Å². The first-order chi connectivity index (χ1) is 9.62. The van der Waals surface area contributed by atoms with Crippen LogP contribution in [0.4, 0.5) is 0 Å². The summed E-state index contributed by atoms with van der Waals surface area (Å²) in [5, 5.41) is 3.54. The molecule has 20 heavy (non-hydrogen) atoms. The molecule has 2 rings (SSSR count).